The summed E-state index contributed by atoms with van der Waals surface area (Å²) in [5.41, 5.74) is 1.01. The van der Waals surface area contributed by atoms with Gasteiger partial charge in [-0.15, -0.1) is 0 Å². The average Bonchev–Trinajstić information content (AvgIpc) is 2.37. The van der Waals surface area contributed by atoms with Crippen LogP contribution in [-0.4, -0.2) is 23.7 Å². The van der Waals surface area contributed by atoms with Crippen molar-refractivity contribution in [2.75, 3.05) is 11.4 Å². The molecule has 100 valence electrons. The highest BCUT2D eigenvalue weighted by Gasteiger charge is 2.19. The lowest BCUT2D eigenvalue weighted by Crippen LogP contribution is -2.39. The molecular formula is C15H23NO2. The summed E-state index contributed by atoms with van der Waals surface area (Å²) in [6, 6.07) is 10.2. The van der Waals surface area contributed by atoms with Crippen LogP contribution in [0.1, 0.15) is 39.5 Å². The van der Waals surface area contributed by atoms with Crippen molar-refractivity contribution >= 4 is 11.7 Å². The van der Waals surface area contributed by atoms with Crippen LogP contribution in [0.5, 0.6) is 0 Å². The van der Waals surface area contributed by atoms with Gasteiger partial charge in [-0.25, -0.2) is 0 Å². The summed E-state index contributed by atoms with van der Waals surface area (Å²) in [4.78, 5) is 13.1. The first-order chi connectivity index (χ1) is 8.69. The average molecular weight is 249 g/mol. The Bertz CT molecular complexity index is 345. The Morgan fingerprint density at radius 1 is 1.17 bits per heavy atom. The largest absolute Gasteiger partial charge is 0.480 e. The van der Waals surface area contributed by atoms with E-state index in [0.717, 1.165) is 31.4 Å². The van der Waals surface area contributed by atoms with Crippen LogP contribution < -0.4 is 4.90 Å². The maximum atomic E-state index is 11.1. The molecule has 0 fully saturated rings. The van der Waals surface area contributed by atoms with Crippen LogP contribution >= 0.6 is 0 Å². The van der Waals surface area contributed by atoms with Gasteiger partial charge in [-0.2, -0.15) is 0 Å². The van der Waals surface area contributed by atoms with E-state index in [-0.39, 0.29) is 6.54 Å². The highest BCUT2D eigenvalue weighted by molar-refractivity contribution is 5.74. The second-order valence-electron chi connectivity index (χ2n) is 4.59. The fourth-order valence-corrected chi connectivity index (χ4v) is 2.32. The fraction of sp³-hybridized carbons (Fsp3) is 0.533. The molecule has 3 heteroatoms. The Hall–Kier alpha value is -1.51. The Labute approximate surface area is 109 Å². The maximum Gasteiger partial charge on any atom is 0.323 e. The highest BCUT2D eigenvalue weighted by Crippen LogP contribution is 2.21. The minimum Gasteiger partial charge on any atom is -0.480 e. The number of nitrogens with zero attached hydrogens (tertiary/aromatic N) is 1. The second-order valence-corrected chi connectivity index (χ2v) is 4.59. The van der Waals surface area contributed by atoms with Crippen LogP contribution in [-0.2, 0) is 4.79 Å². The molecule has 18 heavy (non-hydrogen) atoms. The number of hydrogen-bond donors (Lipinski definition) is 1. The van der Waals surface area contributed by atoms with Crippen LogP contribution in [0, 0.1) is 0 Å². The van der Waals surface area contributed by atoms with Crippen molar-refractivity contribution in [3.05, 3.63) is 30.3 Å². The van der Waals surface area contributed by atoms with Gasteiger partial charge >= 0.3 is 5.97 Å². The lowest BCUT2D eigenvalue weighted by molar-refractivity contribution is -0.135. The highest BCUT2D eigenvalue weighted by atomic mass is 16.4. The second kappa shape index (κ2) is 7.75. The number of carboxylic acid groups (broad SMARTS) is 1. The van der Waals surface area contributed by atoms with Gasteiger partial charge in [-0.05, 0) is 25.0 Å². The van der Waals surface area contributed by atoms with E-state index >= 15 is 0 Å². The molecule has 0 aliphatic heterocycles. The van der Waals surface area contributed by atoms with Crippen LogP contribution in [0.25, 0.3) is 0 Å². The number of para-hydroxylation sites is 1. The fourth-order valence-electron chi connectivity index (χ4n) is 2.32. The smallest absolute Gasteiger partial charge is 0.323 e. The Kier molecular flexibility index (Phi) is 6.26. The van der Waals surface area contributed by atoms with Gasteiger partial charge in [-0.3, -0.25) is 4.79 Å². The lowest BCUT2D eigenvalue weighted by Gasteiger charge is -2.32. The van der Waals surface area contributed by atoms with Gasteiger partial charge in [0.25, 0.3) is 0 Å². The number of rotatable bonds is 8. The van der Waals surface area contributed by atoms with E-state index in [0.29, 0.717) is 6.04 Å². The molecule has 0 aromatic heterocycles. The van der Waals surface area contributed by atoms with Crippen molar-refractivity contribution in [3.63, 3.8) is 0 Å². The Morgan fingerprint density at radius 2 is 1.72 bits per heavy atom. The summed E-state index contributed by atoms with van der Waals surface area (Å²) in [6.45, 7) is 4.37. The summed E-state index contributed by atoms with van der Waals surface area (Å²) >= 11 is 0. The minimum atomic E-state index is -0.768. The number of aliphatic carboxylic acids is 1. The third-order valence-electron chi connectivity index (χ3n) is 3.08. The van der Waals surface area contributed by atoms with Crippen molar-refractivity contribution in [1.82, 2.24) is 0 Å². The molecule has 0 aliphatic rings. The zero-order chi connectivity index (χ0) is 13.4. The van der Waals surface area contributed by atoms with E-state index in [9.17, 15) is 4.79 Å². The summed E-state index contributed by atoms with van der Waals surface area (Å²) in [5.74, 6) is -0.768. The van der Waals surface area contributed by atoms with Gasteiger partial charge < -0.3 is 10.0 Å². The molecule has 0 aliphatic carbocycles. The number of anilines is 1. The molecule has 0 bridgehead atoms. The molecule has 0 amide bonds. The summed E-state index contributed by atoms with van der Waals surface area (Å²) in [5, 5.41) is 9.09. The number of carbonyl (C=O) groups is 1. The van der Waals surface area contributed by atoms with Crippen molar-refractivity contribution in [1.29, 1.82) is 0 Å². The molecule has 0 saturated heterocycles. The molecule has 0 spiro atoms. The number of benzene rings is 1. The van der Waals surface area contributed by atoms with Gasteiger partial charge in [0.2, 0.25) is 0 Å². The third-order valence-corrected chi connectivity index (χ3v) is 3.08. The van der Waals surface area contributed by atoms with E-state index in [1.807, 2.05) is 35.2 Å². The van der Waals surface area contributed by atoms with Crippen LogP contribution in [0.2, 0.25) is 0 Å². The molecule has 1 N–H and O–H groups in total. The molecule has 0 atom stereocenters. The van der Waals surface area contributed by atoms with E-state index in [1.165, 1.54) is 0 Å². The van der Waals surface area contributed by atoms with Crippen molar-refractivity contribution in [2.45, 2.75) is 45.6 Å². The van der Waals surface area contributed by atoms with E-state index in [1.54, 1.807) is 0 Å². The maximum absolute atomic E-state index is 11.1. The molecule has 3 nitrogen and oxygen atoms in total. The molecule has 0 heterocycles. The zero-order valence-corrected chi connectivity index (χ0v) is 11.3. The van der Waals surface area contributed by atoms with Crippen LogP contribution in [0.3, 0.4) is 0 Å². The van der Waals surface area contributed by atoms with Crippen LogP contribution in [0.15, 0.2) is 30.3 Å². The molecule has 1 aromatic carbocycles. The zero-order valence-electron chi connectivity index (χ0n) is 11.3. The SMILES string of the molecule is CCCC(CCC)N(CC(=O)O)c1ccccc1. The van der Waals surface area contributed by atoms with Gasteiger partial charge in [0.15, 0.2) is 0 Å². The summed E-state index contributed by atoms with van der Waals surface area (Å²) in [7, 11) is 0. The molecule has 0 unspecified atom stereocenters. The first-order valence-electron chi connectivity index (χ1n) is 6.72. The van der Waals surface area contributed by atoms with E-state index in [2.05, 4.69) is 13.8 Å². The van der Waals surface area contributed by atoms with Gasteiger partial charge in [0.05, 0.1) is 0 Å². The van der Waals surface area contributed by atoms with E-state index < -0.39 is 5.97 Å². The summed E-state index contributed by atoms with van der Waals surface area (Å²) < 4.78 is 0. The predicted molar refractivity (Wildman–Crippen MR) is 75.0 cm³/mol. The lowest BCUT2D eigenvalue weighted by atomic mass is 10.0. The number of hydrogen-bond acceptors (Lipinski definition) is 2. The monoisotopic (exact) mass is 249 g/mol. The standard InChI is InChI=1S/C15H23NO2/c1-3-8-13(9-4-2)16(12-15(17)18)14-10-6-5-7-11-14/h5-7,10-11,13H,3-4,8-9,12H2,1-2H3,(H,17,18). The third kappa shape index (κ3) is 4.40. The Balaban J connectivity index is 2.91. The molecule has 0 saturated carbocycles. The van der Waals surface area contributed by atoms with Gasteiger partial charge in [0.1, 0.15) is 6.54 Å². The topological polar surface area (TPSA) is 40.5 Å². The molecule has 1 aromatic rings. The summed E-state index contributed by atoms with van der Waals surface area (Å²) in [6.07, 6.45) is 4.23. The van der Waals surface area contributed by atoms with E-state index in [4.69, 9.17) is 5.11 Å². The normalized spacial score (nSPS) is 10.6. The minimum absolute atomic E-state index is 0.0781. The van der Waals surface area contributed by atoms with Crippen LogP contribution in [0.4, 0.5) is 5.69 Å². The molecule has 1 rings (SSSR count). The first-order valence-corrected chi connectivity index (χ1v) is 6.72. The van der Waals surface area contributed by atoms with Crippen molar-refractivity contribution in [2.24, 2.45) is 0 Å². The van der Waals surface area contributed by atoms with Crippen molar-refractivity contribution in [3.8, 4) is 0 Å². The van der Waals surface area contributed by atoms with Gasteiger partial charge in [-0.1, -0.05) is 44.9 Å². The Morgan fingerprint density at radius 3 is 2.17 bits per heavy atom. The predicted octanol–water partition coefficient (Wildman–Crippen LogP) is 3.55. The molecule has 0 radical (unpaired) electrons. The quantitative estimate of drug-likeness (QED) is 0.766. The molecular weight excluding hydrogens is 226 g/mol. The first kappa shape index (κ1) is 14.6. The van der Waals surface area contributed by atoms with Crippen molar-refractivity contribution < 1.29 is 9.90 Å². The van der Waals surface area contributed by atoms with Gasteiger partial charge in [0, 0.05) is 11.7 Å². The number of carboxylic acids is 1.